The summed E-state index contributed by atoms with van der Waals surface area (Å²) in [5, 5.41) is 5.60. The third kappa shape index (κ3) is 5.88. The fourth-order valence-corrected chi connectivity index (χ4v) is 4.29. The van der Waals surface area contributed by atoms with Crippen molar-refractivity contribution in [1.29, 1.82) is 0 Å². The van der Waals surface area contributed by atoms with Crippen molar-refractivity contribution in [2.75, 3.05) is 19.0 Å². The number of imidazole rings is 1. The number of rotatable bonds is 8. The lowest BCUT2D eigenvalue weighted by atomic mass is 9.85. The first-order valence-electron chi connectivity index (χ1n) is 10.6. The lowest BCUT2D eigenvalue weighted by Gasteiger charge is -2.29. The van der Waals surface area contributed by atoms with Crippen LogP contribution in [0.3, 0.4) is 0 Å². The Hall–Kier alpha value is -2.98. The number of nitrogens with zero attached hydrogens (tertiary/aromatic N) is 2. The molecule has 9 nitrogen and oxygen atoms in total. The first-order chi connectivity index (χ1) is 15.7. The van der Waals surface area contributed by atoms with E-state index in [1.807, 2.05) is 0 Å². The van der Waals surface area contributed by atoms with Crippen LogP contribution in [0.2, 0.25) is 5.02 Å². The number of carbonyl (C=O) groups is 3. The number of nitrogens with two attached hydrogens (primary N) is 1. The highest BCUT2D eigenvalue weighted by molar-refractivity contribution is 6.33. The number of nitrogens with one attached hydrogen (secondary N) is 2. The Morgan fingerprint density at radius 3 is 2.61 bits per heavy atom. The maximum absolute atomic E-state index is 13.2. The highest BCUT2D eigenvalue weighted by atomic mass is 35.5. The molecule has 3 amide bonds. The van der Waals surface area contributed by atoms with Gasteiger partial charge in [0.2, 0.25) is 5.91 Å². The fraction of sp³-hybridized carbons (Fsp3) is 0.455. The van der Waals surface area contributed by atoms with Gasteiger partial charge in [0.25, 0.3) is 11.8 Å². The van der Waals surface area contributed by atoms with Gasteiger partial charge in [-0.05, 0) is 50.8 Å². The number of primary amides is 1. The van der Waals surface area contributed by atoms with Crippen LogP contribution in [-0.2, 0) is 9.53 Å². The fourth-order valence-electron chi connectivity index (χ4n) is 4.07. The van der Waals surface area contributed by atoms with Crippen LogP contribution >= 0.6 is 11.6 Å². The van der Waals surface area contributed by atoms with Crippen LogP contribution in [-0.4, -0.2) is 47.0 Å². The molecule has 11 heteroatoms. The van der Waals surface area contributed by atoms with E-state index in [0.29, 0.717) is 38.0 Å². The van der Waals surface area contributed by atoms with Crippen molar-refractivity contribution < 1.29 is 23.5 Å². The van der Waals surface area contributed by atoms with E-state index in [9.17, 15) is 18.8 Å². The molecular formula is C22H27ClFN5O4. The zero-order chi connectivity index (χ0) is 24.1. The standard InChI is InChI=1S/C22H27ClFN5O4/c1-12(10-33-2)27-22(32)18-19(20(25)30)29(11-26-18)15-6-3-13(4-7-15)21(31)28-17-8-5-14(24)9-16(17)23/h5,8-9,11-13,15H,3-4,6-7,10H2,1-2H3,(H2,25,30)(H,27,32)(H,28,31). The van der Waals surface area contributed by atoms with Crippen molar-refractivity contribution >= 4 is 35.0 Å². The number of amides is 3. The minimum absolute atomic E-state index is 0.0312. The number of ether oxygens (including phenoxy) is 1. The summed E-state index contributed by atoms with van der Waals surface area (Å²) in [5.41, 5.74) is 5.94. The van der Waals surface area contributed by atoms with Gasteiger partial charge in [-0.3, -0.25) is 14.4 Å². The molecule has 0 bridgehead atoms. The monoisotopic (exact) mass is 479 g/mol. The molecule has 1 aromatic heterocycles. The van der Waals surface area contributed by atoms with Gasteiger partial charge in [0, 0.05) is 25.1 Å². The normalized spacial score (nSPS) is 19.0. The maximum Gasteiger partial charge on any atom is 0.272 e. The van der Waals surface area contributed by atoms with Gasteiger partial charge >= 0.3 is 0 Å². The summed E-state index contributed by atoms with van der Waals surface area (Å²) in [4.78, 5) is 41.5. The molecule has 1 aromatic carbocycles. The van der Waals surface area contributed by atoms with Crippen molar-refractivity contribution in [2.24, 2.45) is 11.7 Å². The number of anilines is 1. The molecule has 1 saturated carbocycles. The number of methoxy groups -OCH3 is 1. The first kappa shape index (κ1) is 24.7. The van der Waals surface area contributed by atoms with Gasteiger partial charge < -0.3 is 25.7 Å². The van der Waals surface area contributed by atoms with E-state index in [4.69, 9.17) is 22.1 Å². The number of aromatic nitrogens is 2. The van der Waals surface area contributed by atoms with Crippen molar-refractivity contribution in [3.8, 4) is 0 Å². The quantitative estimate of drug-likeness (QED) is 0.536. The second kappa shape index (κ2) is 10.8. The molecule has 0 aliphatic heterocycles. The Labute approximate surface area is 195 Å². The second-order valence-electron chi connectivity index (χ2n) is 8.16. The molecule has 178 valence electrons. The van der Waals surface area contributed by atoms with Gasteiger partial charge in [-0.15, -0.1) is 0 Å². The van der Waals surface area contributed by atoms with Crippen LogP contribution < -0.4 is 16.4 Å². The van der Waals surface area contributed by atoms with E-state index in [1.54, 1.807) is 11.5 Å². The van der Waals surface area contributed by atoms with Crippen LogP contribution in [0, 0.1) is 11.7 Å². The van der Waals surface area contributed by atoms with Gasteiger partial charge in [0.15, 0.2) is 5.69 Å². The van der Waals surface area contributed by atoms with Gasteiger partial charge in [0.05, 0.1) is 23.6 Å². The van der Waals surface area contributed by atoms with E-state index in [2.05, 4.69) is 15.6 Å². The number of hydrogen-bond acceptors (Lipinski definition) is 5. The largest absolute Gasteiger partial charge is 0.383 e. The highest BCUT2D eigenvalue weighted by Crippen LogP contribution is 2.34. The van der Waals surface area contributed by atoms with Crippen LogP contribution in [0.1, 0.15) is 59.6 Å². The van der Waals surface area contributed by atoms with Gasteiger partial charge in [-0.25, -0.2) is 9.37 Å². The van der Waals surface area contributed by atoms with Gasteiger partial charge in [0.1, 0.15) is 11.5 Å². The molecule has 4 N–H and O–H groups in total. The lowest BCUT2D eigenvalue weighted by Crippen LogP contribution is -2.37. The smallest absolute Gasteiger partial charge is 0.272 e. The predicted molar refractivity (Wildman–Crippen MR) is 121 cm³/mol. The third-order valence-corrected chi connectivity index (χ3v) is 6.00. The highest BCUT2D eigenvalue weighted by Gasteiger charge is 2.31. The topological polar surface area (TPSA) is 128 Å². The summed E-state index contributed by atoms with van der Waals surface area (Å²) in [6.45, 7) is 2.08. The predicted octanol–water partition coefficient (Wildman–Crippen LogP) is 2.91. The Bertz CT molecular complexity index is 1040. The van der Waals surface area contributed by atoms with E-state index in [-0.39, 0.29) is 40.3 Å². The maximum atomic E-state index is 13.2. The molecule has 1 unspecified atom stereocenters. The molecule has 2 aromatic rings. The average Bonchev–Trinajstić information content (AvgIpc) is 3.21. The SMILES string of the molecule is COCC(C)NC(=O)c1ncn(C2CCC(C(=O)Nc3ccc(F)cc3Cl)CC2)c1C(N)=O. The van der Waals surface area contributed by atoms with E-state index < -0.39 is 17.6 Å². The lowest BCUT2D eigenvalue weighted by molar-refractivity contribution is -0.121. The molecule has 1 heterocycles. The summed E-state index contributed by atoms with van der Waals surface area (Å²) in [6, 6.07) is 3.40. The molecule has 1 atom stereocenters. The summed E-state index contributed by atoms with van der Waals surface area (Å²) >= 11 is 5.99. The van der Waals surface area contributed by atoms with Gasteiger partial charge in [-0.2, -0.15) is 0 Å². The minimum atomic E-state index is -0.747. The Kier molecular flexibility index (Phi) is 8.04. The van der Waals surface area contributed by atoms with Crippen molar-refractivity contribution in [3.63, 3.8) is 0 Å². The molecule has 0 saturated heterocycles. The first-order valence-corrected chi connectivity index (χ1v) is 11.0. The van der Waals surface area contributed by atoms with Crippen molar-refractivity contribution in [1.82, 2.24) is 14.9 Å². The number of halogens is 2. The van der Waals surface area contributed by atoms with Gasteiger partial charge in [-0.1, -0.05) is 11.6 Å². The number of hydrogen-bond donors (Lipinski definition) is 3. The van der Waals surface area contributed by atoms with Crippen LogP contribution in [0.5, 0.6) is 0 Å². The zero-order valence-electron chi connectivity index (χ0n) is 18.4. The second-order valence-corrected chi connectivity index (χ2v) is 8.57. The molecule has 33 heavy (non-hydrogen) atoms. The van der Waals surface area contributed by atoms with E-state index >= 15 is 0 Å². The minimum Gasteiger partial charge on any atom is -0.383 e. The van der Waals surface area contributed by atoms with E-state index in [0.717, 1.165) is 6.07 Å². The summed E-state index contributed by atoms with van der Waals surface area (Å²) in [6.07, 6.45) is 3.73. The molecular weight excluding hydrogens is 453 g/mol. The summed E-state index contributed by atoms with van der Waals surface area (Å²) < 4.78 is 19.8. The zero-order valence-corrected chi connectivity index (χ0v) is 19.2. The summed E-state index contributed by atoms with van der Waals surface area (Å²) in [7, 11) is 1.52. The summed E-state index contributed by atoms with van der Waals surface area (Å²) in [5.74, 6) is -2.19. The van der Waals surface area contributed by atoms with Crippen LogP contribution in [0.4, 0.5) is 10.1 Å². The third-order valence-electron chi connectivity index (χ3n) is 5.69. The molecule has 0 radical (unpaired) electrons. The van der Waals surface area contributed by atoms with Crippen LogP contribution in [0.25, 0.3) is 0 Å². The Balaban J connectivity index is 1.66. The number of benzene rings is 1. The van der Waals surface area contributed by atoms with Crippen molar-refractivity contribution in [3.05, 3.63) is 46.8 Å². The molecule has 0 spiro atoms. The molecule has 1 aliphatic rings. The molecule has 3 rings (SSSR count). The average molecular weight is 480 g/mol. The van der Waals surface area contributed by atoms with E-state index in [1.165, 1.54) is 25.6 Å². The number of carbonyl (C=O) groups excluding carboxylic acids is 3. The molecule has 1 aliphatic carbocycles. The van der Waals surface area contributed by atoms with Crippen LogP contribution in [0.15, 0.2) is 24.5 Å². The Morgan fingerprint density at radius 1 is 1.30 bits per heavy atom. The van der Waals surface area contributed by atoms with Crippen molar-refractivity contribution in [2.45, 2.75) is 44.7 Å². The molecule has 1 fully saturated rings. The Morgan fingerprint density at radius 2 is 2.00 bits per heavy atom.